The van der Waals surface area contributed by atoms with Crippen LogP contribution in [-0.4, -0.2) is 55.7 Å². The zero-order chi connectivity index (χ0) is 9.73. The average molecular weight is 210 g/mol. The molecule has 80 valence electrons. The predicted molar refractivity (Wildman–Crippen MR) is 49.5 cm³/mol. The first-order chi connectivity index (χ1) is 6.26. The molecule has 0 N–H and O–H groups in total. The summed E-state index contributed by atoms with van der Waals surface area (Å²) < 4.78 is 25.9. The maximum absolute atomic E-state index is 5.36. The van der Waals surface area contributed by atoms with Crippen LogP contribution in [0.4, 0.5) is 0 Å². The van der Waals surface area contributed by atoms with Gasteiger partial charge in [-0.3, -0.25) is 0 Å². The van der Waals surface area contributed by atoms with Crippen molar-refractivity contribution in [3.63, 3.8) is 0 Å². The van der Waals surface area contributed by atoms with Gasteiger partial charge in [0.15, 0.2) is 0 Å². The van der Waals surface area contributed by atoms with E-state index in [9.17, 15) is 0 Å². The standard InChI is InChI=1S/C7H16O5Si.H2/c1-8-13(9-2,10-3)6-11-4-7-5-12-7;/h7H,4-6H2,1-3H3;1H. The first kappa shape index (κ1) is 11.1. The van der Waals surface area contributed by atoms with Crippen LogP contribution < -0.4 is 0 Å². The second-order valence-corrected chi connectivity index (χ2v) is 5.65. The average Bonchev–Trinajstić information content (AvgIpc) is 2.97. The van der Waals surface area contributed by atoms with Gasteiger partial charge in [-0.25, -0.2) is 0 Å². The second-order valence-electron chi connectivity index (χ2n) is 2.77. The van der Waals surface area contributed by atoms with E-state index in [-0.39, 0.29) is 7.53 Å². The highest BCUT2D eigenvalue weighted by molar-refractivity contribution is 6.60. The number of epoxide rings is 1. The molecule has 1 rings (SSSR count). The van der Waals surface area contributed by atoms with Crippen molar-refractivity contribution < 1.29 is 24.2 Å². The first-order valence-electron chi connectivity index (χ1n) is 4.11. The predicted octanol–water partition coefficient (Wildman–Crippen LogP) is 0.0651. The molecule has 0 spiro atoms. The lowest BCUT2D eigenvalue weighted by Crippen LogP contribution is -2.48. The van der Waals surface area contributed by atoms with Crippen LogP contribution >= 0.6 is 0 Å². The van der Waals surface area contributed by atoms with Crippen LogP contribution in [0.15, 0.2) is 0 Å². The fourth-order valence-corrected chi connectivity index (χ4v) is 2.13. The fourth-order valence-electron chi connectivity index (χ4n) is 0.906. The summed E-state index contributed by atoms with van der Waals surface area (Å²) in [5.41, 5.74) is 0. The lowest BCUT2D eigenvalue weighted by molar-refractivity contribution is 0.0584. The van der Waals surface area contributed by atoms with Gasteiger partial charge in [0.25, 0.3) is 0 Å². The maximum atomic E-state index is 5.36. The Balaban J connectivity index is 0.00000169. The number of hydrogen-bond acceptors (Lipinski definition) is 5. The summed E-state index contributed by atoms with van der Waals surface area (Å²) in [6.45, 7) is 1.38. The van der Waals surface area contributed by atoms with E-state index in [2.05, 4.69) is 0 Å². The Morgan fingerprint density at radius 1 is 1.31 bits per heavy atom. The van der Waals surface area contributed by atoms with Gasteiger partial charge >= 0.3 is 8.80 Å². The van der Waals surface area contributed by atoms with Crippen molar-refractivity contribution in [1.82, 2.24) is 0 Å². The monoisotopic (exact) mass is 210 g/mol. The van der Waals surface area contributed by atoms with Gasteiger partial charge in [0, 0.05) is 22.8 Å². The van der Waals surface area contributed by atoms with Crippen LogP contribution in [0.5, 0.6) is 0 Å². The highest BCUT2D eigenvalue weighted by atomic mass is 28.4. The van der Waals surface area contributed by atoms with Gasteiger partial charge in [-0.05, 0) is 0 Å². The molecule has 1 unspecified atom stereocenters. The van der Waals surface area contributed by atoms with E-state index in [1.54, 1.807) is 21.3 Å². The molecule has 6 heteroatoms. The molecule has 1 atom stereocenters. The quantitative estimate of drug-likeness (QED) is 0.439. The summed E-state index contributed by atoms with van der Waals surface area (Å²) in [5.74, 6) is 0. The van der Waals surface area contributed by atoms with Crippen molar-refractivity contribution in [2.75, 3.05) is 40.8 Å². The number of rotatable bonds is 7. The summed E-state index contributed by atoms with van der Waals surface area (Å²) in [5, 5.41) is 0. The van der Waals surface area contributed by atoms with Gasteiger partial charge in [-0.15, -0.1) is 0 Å². The van der Waals surface area contributed by atoms with Crippen molar-refractivity contribution >= 4 is 8.80 Å². The SMILES string of the molecule is CO[Si](COCC1CO1)(OC)OC.[HH]. The van der Waals surface area contributed by atoms with Gasteiger partial charge in [0.05, 0.1) is 13.2 Å². The summed E-state index contributed by atoms with van der Waals surface area (Å²) in [7, 11) is 2.16. The van der Waals surface area contributed by atoms with Crippen molar-refractivity contribution in [1.29, 1.82) is 0 Å². The zero-order valence-corrected chi connectivity index (χ0v) is 9.24. The van der Waals surface area contributed by atoms with Gasteiger partial charge in [0.1, 0.15) is 12.3 Å². The third-order valence-corrected chi connectivity index (χ3v) is 4.34. The largest absolute Gasteiger partial charge is 0.527 e. The van der Waals surface area contributed by atoms with E-state index in [4.69, 9.17) is 22.8 Å². The molecule has 1 saturated heterocycles. The van der Waals surface area contributed by atoms with Crippen LogP contribution in [-0.2, 0) is 22.8 Å². The van der Waals surface area contributed by atoms with E-state index in [1.807, 2.05) is 0 Å². The second kappa shape index (κ2) is 5.04. The van der Waals surface area contributed by atoms with Crippen molar-refractivity contribution in [3.8, 4) is 0 Å². The van der Waals surface area contributed by atoms with Gasteiger partial charge < -0.3 is 22.8 Å². The summed E-state index contributed by atoms with van der Waals surface area (Å²) in [4.78, 5) is 0. The fraction of sp³-hybridized carbons (Fsp3) is 1.00. The Bertz CT molecular complexity index is 143. The highest BCUT2D eigenvalue weighted by Crippen LogP contribution is 2.11. The molecule has 1 fully saturated rings. The first-order valence-corrected chi connectivity index (χ1v) is 6.04. The molecule has 13 heavy (non-hydrogen) atoms. The topological polar surface area (TPSA) is 49.5 Å². The minimum absolute atomic E-state index is 0. The van der Waals surface area contributed by atoms with E-state index in [0.717, 1.165) is 6.61 Å². The number of hydrogen-bond donors (Lipinski definition) is 0. The van der Waals surface area contributed by atoms with Crippen molar-refractivity contribution in [3.05, 3.63) is 0 Å². The Morgan fingerprint density at radius 2 is 1.85 bits per heavy atom. The van der Waals surface area contributed by atoms with Gasteiger partial charge in [-0.1, -0.05) is 0 Å². The zero-order valence-electron chi connectivity index (χ0n) is 8.24. The van der Waals surface area contributed by atoms with Crippen LogP contribution in [0.25, 0.3) is 0 Å². The lowest BCUT2D eigenvalue weighted by atomic mass is 10.5. The molecule has 1 heterocycles. The molecular weight excluding hydrogens is 192 g/mol. The highest BCUT2D eigenvalue weighted by Gasteiger charge is 2.39. The van der Waals surface area contributed by atoms with Gasteiger partial charge in [-0.2, -0.15) is 0 Å². The third kappa shape index (κ3) is 3.33. The van der Waals surface area contributed by atoms with E-state index >= 15 is 0 Å². The molecule has 0 aromatic heterocycles. The minimum Gasteiger partial charge on any atom is -0.375 e. The van der Waals surface area contributed by atoms with E-state index in [1.165, 1.54) is 0 Å². The normalized spacial score (nSPS) is 21.9. The van der Waals surface area contributed by atoms with E-state index in [0.29, 0.717) is 12.8 Å². The molecule has 0 aliphatic carbocycles. The third-order valence-electron chi connectivity index (χ3n) is 1.92. The maximum Gasteiger partial charge on any atom is 0.527 e. The minimum atomic E-state index is -2.53. The van der Waals surface area contributed by atoms with Crippen LogP contribution in [0.2, 0.25) is 0 Å². The Hall–Kier alpha value is 0.0169. The molecule has 0 aromatic carbocycles. The smallest absolute Gasteiger partial charge is 0.375 e. The molecule has 5 nitrogen and oxygen atoms in total. The molecule has 0 saturated carbocycles. The molecule has 0 aromatic rings. The molecule has 0 amide bonds. The van der Waals surface area contributed by atoms with Crippen LogP contribution in [0, 0.1) is 0 Å². The van der Waals surface area contributed by atoms with E-state index < -0.39 is 8.80 Å². The van der Waals surface area contributed by atoms with Crippen molar-refractivity contribution in [2.24, 2.45) is 0 Å². The molecule has 0 bridgehead atoms. The Kier molecular flexibility index (Phi) is 4.30. The number of ether oxygens (including phenoxy) is 2. The van der Waals surface area contributed by atoms with Gasteiger partial charge in [0.2, 0.25) is 0 Å². The Labute approximate surface area is 80.7 Å². The lowest BCUT2D eigenvalue weighted by Gasteiger charge is -2.23. The van der Waals surface area contributed by atoms with Crippen LogP contribution in [0.1, 0.15) is 1.43 Å². The molecule has 1 aliphatic heterocycles. The summed E-state index contributed by atoms with van der Waals surface area (Å²) in [6, 6.07) is 0. The van der Waals surface area contributed by atoms with Crippen molar-refractivity contribution in [2.45, 2.75) is 6.10 Å². The molecule has 1 aliphatic rings. The van der Waals surface area contributed by atoms with Crippen LogP contribution in [0.3, 0.4) is 0 Å². The summed E-state index contributed by atoms with van der Waals surface area (Å²) >= 11 is 0. The molecule has 0 radical (unpaired) electrons. The summed E-state index contributed by atoms with van der Waals surface area (Å²) in [6.07, 6.45) is 0.633. The Morgan fingerprint density at radius 3 is 2.23 bits per heavy atom. The molecular formula is C7H18O5Si.